The van der Waals surface area contributed by atoms with Gasteiger partial charge in [0.2, 0.25) is 0 Å². The standard InChI is InChI=1S/C14H12N2O5S/c1-10-2-6-13(7-3-10)22(19,20)21-9-11-4-5-12(15-17)8-14(11)16-18/h2-8H,9H2,1H3. The second kappa shape index (κ2) is 6.54. The zero-order valence-corrected chi connectivity index (χ0v) is 12.4. The van der Waals surface area contributed by atoms with E-state index >= 15 is 0 Å². The van der Waals surface area contributed by atoms with E-state index in [2.05, 4.69) is 10.4 Å². The molecule has 0 atom stereocenters. The Morgan fingerprint density at radius 2 is 1.68 bits per heavy atom. The van der Waals surface area contributed by atoms with Crippen molar-refractivity contribution in [3.05, 3.63) is 63.4 Å². The average Bonchev–Trinajstić information content (AvgIpc) is 2.53. The fraction of sp³-hybridized carbons (Fsp3) is 0.143. The monoisotopic (exact) mass is 320 g/mol. The average molecular weight is 320 g/mol. The summed E-state index contributed by atoms with van der Waals surface area (Å²) in [5.41, 5.74) is 1.11. The number of nitroso groups, excluding NO2 is 2. The highest BCUT2D eigenvalue weighted by Gasteiger charge is 2.16. The Hall–Kier alpha value is -2.45. The van der Waals surface area contributed by atoms with Gasteiger partial charge in [-0.15, -0.1) is 9.81 Å². The Morgan fingerprint density at radius 3 is 2.27 bits per heavy atom. The SMILES string of the molecule is Cc1ccc(S(=O)(=O)OCc2ccc(N=O)cc2N=O)cc1. The number of rotatable bonds is 6. The molecule has 22 heavy (non-hydrogen) atoms. The van der Waals surface area contributed by atoms with Gasteiger partial charge in [-0.3, -0.25) is 4.18 Å². The van der Waals surface area contributed by atoms with E-state index in [1.165, 1.54) is 24.3 Å². The van der Waals surface area contributed by atoms with Crippen molar-refractivity contribution in [1.29, 1.82) is 0 Å². The number of hydrogen-bond donors (Lipinski definition) is 0. The van der Waals surface area contributed by atoms with Gasteiger partial charge in [0.25, 0.3) is 10.1 Å². The highest BCUT2D eigenvalue weighted by molar-refractivity contribution is 7.86. The fourth-order valence-corrected chi connectivity index (χ4v) is 2.62. The van der Waals surface area contributed by atoms with Gasteiger partial charge in [-0.2, -0.15) is 8.42 Å². The number of benzene rings is 2. The molecular formula is C14H12N2O5S. The second-order valence-corrected chi connectivity index (χ2v) is 6.14. The van der Waals surface area contributed by atoms with Crippen molar-refractivity contribution >= 4 is 21.5 Å². The molecule has 0 aromatic heterocycles. The van der Waals surface area contributed by atoms with Crippen LogP contribution in [0.25, 0.3) is 0 Å². The van der Waals surface area contributed by atoms with Crippen molar-refractivity contribution in [2.75, 3.05) is 0 Å². The Morgan fingerprint density at radius 1 is 1.00 bits per heavy atom. The van der Waals surface area contributed by atoms with Gasteiger partial charge in [0, 0.05) is 5.56 Å². The van der Waals surface area contributed by atoms with Crippen molar-refractivity contribution in [3.8, 4) is 0 Å². The van der Waals surface area contributed by atoms with Crippen molar-refractivity contribution in [3.63, 3.8) is 0 Å². The molecule has 0 heterocycles. The summed E-state index contributed by atoms with van der Waals surface area (Å²) in [5, 5.41) is 5.42. The van der Waals surface area contributed by atoms with Gasteiger partial charge in [-0.05, 0) is 41.5 Å². The first kappa shape index (κ1) is 15.9. The third kappa shape index (κ3) is 3.60. The van der Waals surface area contributed by atoms with Gasteiger partial charge >= 0.3 is 0 Å². The van der Waals surface area contributed by atoms with E-state index in [-0.39, 0.29) is 28.4 Å². The lowest BCUT2D eigenvalue weighted by Crippen LogP contribution is -2.06. The summed E-state index contributed by atoms with van der Waals surface area (Å²) in [6.07, 6.45) is 0. The van der Waals surface area contributed by atoms with Crippen molar-refractivity contribution in [1.82, 2.24) is 0 Å². The van der Waals surface area contributed by atoms with Gasteiger partial charge < -0.3 is 0 Å². The number of hydrogen-bond acceptors (Lipinski definition) is 7. The molecule has 0 saturated heterocycles. The molecule has 114 valence electrons. The molecule has 0 saturated carbocycles. The van der Waals surface area contributed by atoms with Gasteiger partial charge in [-0.1, -0.05) is 23.8 Å². The van der Waals surface area contributed by atoms with E-state index in [1.54, 1.807) is 12.1 Å². The molecule has 2 aromatic carbocycles. The Labute approximate surface area is 127 Å². The summed E-state index contributed by atoms with van der Waals surface area (Å²) < 4.78 is 29.0. The van der Waals surface area contributed by atoms with E-state index in [9.17, 15) is 18.2 Å². The Balaban J connectivity index is 2.20. The summed E-state index contributed by atoms with van der Waals surface area (Å²) in [7, 11) is -3.94. The lowest BCUT2D eigenvalue weighted by atomic mass is 10.2. The summed E-state index contributed by atoms with van der Waals surface area (Å²) in [4.78, 5) is 21.1. The number of nitrogens with zero attached hydrogens (tertiary/aromatic N) is 2. The Bertz CT molecular complexity index is 800. The molecule has 0 spiro atoms. The maximum absolute atomic E-state index is 12.0. The second-order valence-electron chi connectivity index (χ2n) is 4.52. The van der Waals surface area contributed by atoms with Crippen LogP contribution in [0.15, 0.2) is 57.7 Å². The van der Waals surface area contributed by atoms with Crippen LogP contribution >= 0.6 is 0 Å². The minimum absolute atomic E-state index is 0.0184. The zero-order chi connectivity index (χ0) is 16.2. The van der Waals surface area contributed by atoms with Crippen LogP contribution in [-0.4, -0.2) is 8.42 Å². The normalized spacial score (nSPS) is 11.1. The smallest absolute Gasteiger partial charge is 0.261 e. The summed E-state index contributed by atoms with van der Waals surface area (Å²) in [6, 6.07) is 10.1. The van der Waals surface area contributed by atoms with Crippen LogP contribution in [0.4, 0.5) is 11.4 Å². The van der Waals surface area contributed by atoms with Crippen molar-refractivity contribution < 1.29 is 12.6 Å². The first-order chi connectivity index (χ1) is 10.5. The molecule has 0 unspecified atom stereocenters. The zero-order valence-electron chi connectivity index (χ0n) is 11.6. The van der Waals surface area contributed by atoms with E-state index in [0.717, 1.165) is 11.6 Å². The fourth-order valence-electron chi connectivity index (χ4n) is 1.73. The van der Waals surface area contributed by atoms with E-state index in [1.807, 2.05) is 6.92 Å². The molecule has 0 bridgehead atoms. The molecule has 2 rings (SSSR count). The Kier molecular flexibility index (Phi) is 4.74. The minimum atomic E-state index is -3.94. The predicted molar refractivity (Wildman–Crippen MR) is 80.5 cm³/mol. The first-order valence-corrected chi connectivity index (χ1v) is 7.63. The van der Waals surface area contributed by atoms with Crippen LogP contribution in [0, 0.1) is 16.7 Å². The van der Waals surface area contributed by atoms with Gasteiger partial charge in [0.15, 0.2) is 0 Å². The molecule has 0 fully saturated rings. The molecule has 0 amide bonds. The lowest BCUT2D eigenvalue weighted by Gasteiger charge is -2.07. The predicted octanol–water partition coefficient (Wildman–Crippen LogP) is 3.70. The van der Waals surface area contributed by atoms with E-state index in [0.29, 0.717) is 0 Å². The quantitative estimate of drug-likeness (QED) is 0.596. The molecule has 0 N–H and O–H groups in total. The summed E-state index contributed by atoms with van der Waals surface area (Å²) >= 11 is 0. The van der Waals surface area contributed by atoms with Crippen LogP contribution in [0.2, 0.25) is 0 Å². The largest absolute Gasteiger partial charge is 0.297 e. The maximum Gasteiger partial charge on any atom is 0.297 e. The van der Waals surface area contributed by atoms with E-state index < -0.39 is 10.1 Å². The maximum atomic E-state index is 12.0. The van der Waals surface area contributed by atoms with Crippen LogP contribution < -0.4 is 0 Å². The first-order valence-electron chi connectivity index (χ1n) is 6.22. The topological polar surface area (TPSA) is 102 Å². The molecule has 2 aromatic rings. The van der Waals surface area contributed by atoms with Crippen LogP contribution in [-0.2, 0) is 20.9 Å². The molecule has 0 aliphatic heterocycles. The third-order valence-electron chi connectivity index (χ3n) is 2.95. The van der Waals surface area contributed by atoms with Crippen molar-refractivity contribution in [2.45, 2.75) is 18.4 Å². The highest BCUT2D eigenvalue weighted by Crippen LogP contribution is 2.27. The molecule has 0 aliphatic carbocycles. The van der Waals surface area contributed by atoms with Crippen molar-refractivity contribution in [2.24, 2.45) is 10.4 Å². The van der Waals surface area contributed by atoms with Gasteiger partial charge in [0.1, 0.15) is 11.4 Å². The molecule has 7 nitrogen and oxygen atoms in total. The molecule has 0 aliphatic rings. The third-order valence-corrected chi connectivity index (χ3v) is 4.23. The van der Waals surface area contributed by atoms with Crippen LogP contribution in [0.5, 0.6) is 0 Å². The van der Waals surface area contributed by atoms with Gasteiger partial charge in [0.05, 0.1) is 11.5 Å². The highest BCUT2D eigenvalue weighted by atomic mass is 32.2. The minimum Gasteiger partial charge on any atom is -0.261 e. The summed E-state index contributed by atoms with van der Waals surface area (Å²) in [5.74, 6) is 0. The molecular weight excluding hydrogens is 308 g/mol. The molecule has 0 radical (unpaired) electrons. The summed E-state index contributed by atoms with van der Waals surface area (Å²) in [6.45, 7) is 1.47. The van der Waals surface area contributed by atoms with Crippen LogP contribution in [0.1, 0.15) is 11.1 Å². The molecule has 8 heteroatoms. The lowest BCUT2D eigenvalue weighted by molar-refractivity contribution is 0.308. The van der Waals surface area contributed by atoms with Gasteiger partial charge in [-0.25, -0.2) is 0 Å². The number of aryl methyl sites for hydroxylation is 1. The van der Waals surface area contributed by atoms with E-state index in [4.69, 9.17) is 4.18 Å². The van der Waals surface area contributed by atoms with Crippen LogP contribution in [0.3, 0.4) is 0 Å².